The molecule has 4 rings (SSSR count). The Morgan fingerprint density at radius 3 is 2.00 bits per heavy atom. The number of hydrogen-bond donors (Lipinski definition) is 0. The van der Waals surface area contributed by atoms with Gasteiger partial charge < -0.3 is 0 Å². The van der Waals surface area contributed by atoms with Crippen molar-refractivity contribution in [1.82, 2.24) is 0 Å². The lowest BCUT2D eigenvalue weighted by Crippen LogP contribution is -2.16. The Balaban J connectivity index is 1.90. The Labute approximate surface area is 158 Å². The van der Waals surface area contributed by atoms with E-state index in [2.05, 4.69) is 96.2 Å². The topological polar surface area (TPSA) is 0 Å². The van der Waals surface area contributed by atoms with Gasteiger partial charge in [-0.1, -0.05) is 96.2 Å². The van der Waals surface area contributed by atoms with Crippen molar-refractivity contribution >= 4 is 0 Å². The van der Waals surface area contributed by atoms with Crippen LogP contribution >= 0.6 is 0 Å². The van der Waals surface area contributed by atoms with E-state index in [1.165, 1.54) is 38.9 Å². The van der Waals surface area contributed by atoms with Crippen LogP contribution in [0.15, 0.2) is 54.6 Å². The van der Waals surface area contributed by atoms with Crippen LogP contribution in [0.5, 0.6) is 0 Å². The molecule has 2 aromatic rings. The maximum atomic E-state index is 2.49. The molecule has 26 heavy (non-hydrogen) atoms. The van der Waals surface area contributed by atoms with Crippen molar-refractivity contribution in [2.75, 3.05) is 0 Å². The Morgan fingerprint density at radius 2 is 1.38 bits per heavy atom. The van der Waals surface area contributed by atoms with Crippen molar-refractivity contribution in [2.24, 2.45) is 0 Å². The number of hydrogen-bond acceptors (Lipinski definition) is 0. The predicted octanol–water partition coefficient (Wildman–Crippen LogP) is 7.06. The van der Waals surface area contributed by atoms with Crippen LogP contribution in [0.2, 0.25) is 0 Å². The molecular formula is C26H30. The number of allylic oxidation sites excluding steroid dienone is 4. The summed E-state index contributed by atoms with van der Waals surface area (Å²) in [6.45, 7) is 13.9. The van der Waals surface area contributed by atoms with Crippen molar-refractivity contribution < 1.29 is 0 Å². The molecule has 2 aromatic carbocycles. The minimum absolute atomic E-state index is 0.138. The summed E-state index contributed by atoms with van der Waals surface area (Å²) >= 11 is 0. The van der Waals surface area contributed by atoms with Crippen molar-refractivity contribution in [2.45, 2.75) is 64.7 Å². The highest BCUT2D eigenvalue weighted by Crippen LogP contribution is 2.44. The van der Waals surface area contributed by atoms with Crippen molar-refractivity contribution in [1.29, 1.82) is 0 Å². The first-order valence-electron chi connectivity index (χ1n) is 9.81. The third-order valence-electron chi connectivity index (χ3n) is 5.84. The molecule has 0 aliphatic heterocycles. The van der Waals surface area contributed by atoms with Crippen molar-refractivity contribution in [3.63, 3.8) is 0 Å². The first kappa shape index (κ1) is 17.3. The summed E-state index contributed by atoms with van der Waals surface area (Å²) in [5.41, 5.74) is 10.6. The van der Waals surface area contributed by atoms with E-state index in [4.69, 9.17) is 0 Å². The normalized spacial score (nSPS) is 16.2. The van der Waals surface area contributed by atoms with Gasteiger partial charge in [0.15, 0.2) is 0 Å². The summed E-state index contributed by atoms with van der Waals surface area (Å²) in [5, 5.41) is 0. The summed E-state index contributed by atoms with van der Waals surface area (Å²) in [7, 11) is 0. The maximum absolute atomic E-state index is 2.49. The molecule has 2 aliphatic rings. The molecule has 0 N–H and O–H groups in total. The van der Waals surface area contributed by atoms with Crippen LogP contribution in [0.3, 0.4) is 0 Å². The van der Waals surface area contributed by atoms with E-state index in [0.29, 0.717) is 5.92 Å². The number of benzene rings is 2. The van der Waals surface area contributed by atoms with Gasteiger partial charge in [-0.2, -0.15) is 0 Å². The second-order valence-corrected chi connectivity index (χ2v) is 9.94. The van der Waals surface area contributed by atoms with Crippen LogP contribution < -0.4 is 0 Å². The highest BCUT2D eigenvalue weighted by atomic mass is 14.3. The first-order chi connectivity index (χ1) is 12.1. The highest BCUT2D eigenvalue weighted by molar-refractivity contribution is 5.79. The van der Waals surface area contributed by atoms with Gasteiger partial charge in [0.25, 0.3) is 0 Å². The van der Waals surface area contributed by atoms with E-state index < -0.39 is 0 Å². The second kappa shape index (κ2) is 5.71. The molecule has 0 heteroatoms. The minimum Gasteiger partial charge on any atom is -0.0732 e. The fraction of sp³-hybridized carbons (Fsp3) is 0.385. The number of rotatable bonds is 1. The fourth-order valence-electron chi connectivity index (χ4n) is 4.28. The third kappa shape index (κ3) is 2.86. The van der Waals surface area contributed by atoms with Gasteiger partial charge in [0, 0.05) is 5.92 Å². The van der Waals surface area contributed by atoms with Gasteiger partial charge in [-0.25, -0.2) is 0 Å². The molecule has 0 nitrogen and oxygen atoms in total. The van der Waals surface area contributed by atoms with Gasteiger partial charge in [0.05, 0.1) is 0 Å². The largest absolute Gasteiger partial charge is 0.0732 e. The lowest BCUT2D eigenvalue weighted by atomic mass is 9.78. The predicted molar refractivity (Wildman–Crippen MR) is 113 cm³/mol. The van der Waals surface area contributed by atoms with E-state index in [9.17, 15) is 0 Å². The van der Waals surface area contributed by atoms with Gasteiger partial charge in [-0.3, -0.25) is 0 Å². The molecule has 134 valence electrons. The monoisotopic (exact) mass is 342 g/mol. The standard InChI is InChI=1S/C26H30/c1-25(2,3)20-12-11-18-13-19-14-23(17-9-7-8-10-17)24(26(4,5)6)16-22(19)21(18)15-20/h7-12,14-17H,13H2,1-6H3. The zero-order valence-electron chi connectivity index (χ0n) is 17.0. The molecule has 0 bridgehead atoms. The molecule has 0 radical (unpaired) electrons. The average Bonchev–Trinajstić information content (AvgIpc) is 3.18. The Bertz CT molecular complexity index is 912. The molecule has 0 heterocycles. The highest BCUT2D eigenvalue weighted by Gasteiger charge is 2.28. The molecule has 0 spiro atoms. The molecule has 0 unspecified atom stereocenters. The summed E-state index contributed by atoms with van der Waals surface area (Å²) in [6.07, 6.45) is 10.0. The molecular weight excluding hydrogens is 312 g/mol. The fourth-order valence-corrected chi connectivity index (χ4v) is 4.28. The van der Waals surface area contributed by atoms with Crippen molar-refractivity contribution in [3.05, 3.63) is 82.5 Å². The molecule has 0 atom stereocenters. The van der Waals surface area contributed by atoms with E-state index >= 15 is 0 Å². The first-order valence-corrected chi connectivity index (χ1v) is 9.81. The maximum Gasteiger partial charge on any atom is 0.0207 e. The smallest absolute Gasteiger partial charge is 0.0207 e. The van der Waals surface area contributed by atoms with Crippen LogP contribution in [0.25, 0.3) is 11.1 Å². The molecule has 2 aliphatic carbocycles. The minimum atomic E-state index is 0.138. The summed E-state index contributed by atoms with van der Waals surface area (Å²) < 4.78 is 0. The lowest BCUT2D eigenvalue weighted by Gasteiger charge is -2.26. The van der Waals surface area contributed by atoms with Gasteiger partial charge in [-0.15, -0.1) is 0 Å². The van der Waals surface area contributed by atoms with E-state index in [1.807, 2.05) is 0 Å². The van der Waals surface area contributed by atoms with Gasteiger partial charge in [0.2, 0.25) is 0 Å². The van der Waals surface area contributed by atoms with Gasteiger partial charge in [0.1, 0.15) is 0 Å². The zero-order chi connectivity index (χ0) is 18.7. The lowest BCUT2D eigenvalue weighted by molar-refractivity contribution is 0.582. The molecule has 0 saturated heterocycles. The number of fused-ring (bicyclic) bond motifs is 3. The van der Waals surface area contributed by atoms with E-state index in [0.717, 1.165) is 6.42 Å². The SMILES string of the molecule is CC(C)(C)c1ccc2c(c1)-c1cc(C(C)(C)C)c(C3C=CC=C3)cc1C2. The van der Waals surface area contributed by atoms with Crippen LogP contribution in [0.4, 0.5) is 0 Å². The Hall–Kier alpha value is -2.08. The van der Waals surface area contributed by atoms with Crippen molar-refractivity contribution in [3.8, 4) is 11.1 Å². The summed E-state index contributed by atoms with van der Waals surface area (Å²) in [5.74, 6) is 0.420. The van der Waals surface area contributed by atoms with Crippen LogP contribution in [0, 0.1) is 0 Å². The van der Waals surface area contributed by atoms with Crippen LogP contribution in [-0.4, -0.2) is 0 Å². The summed E-state index contributed by atoms with van der Waals surface area (Å²) in [4.78, 5) is 0. The van der Waals surface area contributed by atoms with E-state index in [1.54, 1.807) is 0 Å². The Morgan fingerprint density at radius 1 is 0.731 bits per heavy atom. The molecule has 0 fully saturated rings. The van der Waals surface area contributed by atoms with E-state index in [-0.39, 0.29) is 10.8 Å². The quantitative estimate of drug-likeness (QED) is 0.444. The van der Waals surface area contributed by atoms with Crippen LogP contribution in [0.1, 0.15) is 75.3 Å². The molecule has 0 saturated carbocycles. The van der Waals surface area contributed by atoms with Gasteiger partial charge >= 0.3 is 0 Å². The summed E-state index contributed by atoms with van der Waals surface area (Å²) in [6, 6.07) is 12.1. The second-order valence-electron chi connectivity index (χ2n) is 9.94. The average molecular weight is 343 g/mol. The molecule has 0 amide bonds. The third-order valence-corrected chi connectivity index (χ3v) is 5.84. The zero-order valence-corrected chi connectivity index (χ0v) is 17.0. The van der Waals surface area contributed by atoms with Gasteiger partial charge in [-0.05, 0) is 56.2 Å². The molecule has 0 aromatic heterocycles. The Kier molecular flexibility index (Phi) is 3.81. The van der Waals surface area contributed by atoms with Crippen LogP contribution in [-0.2, 0) is 17.3 Å².